The fourth-order valence-corrected chi connectivity index (χ4v) is 2.04. The SMILES string of the molecule is Cc1ccc(C2=CCCCCC2)cc1. The van der Waals surface area contributed by atoms with E-state index in [-0.39, 0.29) is 0 Å². The number of hydrogen-bond acceptors (Lipinski definition) is 0. The van der Waals surface area contributed by atoms with E-state index in [9.17, 15) is 0 Å². The summed E-state index contributed by atoms with van der Waals surface area (Å²) < 4.78 is 0. The van der Waals surface area contributed by atoms with Gasteiger partial charge in [0.15, 0.2) is 0 Å². The maximum absolute atomic E-state index is 2.43. The summed E-state index contributed by atoms with van der Waals surface area (Å²) in [5.74, 6) is 0. The Bertz CT molecular complexity index is 316. The topological polar surface area (TPSA) is 0 Å². The molecule has 1 aliphatic rings. The Hall–Kier alpha value is -1.04. The van der Waals surface area contributed by atoms with Gasteiger partial charge in [-0.05, 0) is 43.7 Å². The van der Waals surface area contributed by atoms with Gasteiger partial charge in [0.25, 0.3) is 0 Å². The van der Waals surface area contributed by atoms with E-state index >= 15 is 0 Å². The van der Waals surface area contributed by atoms with Crippen LogP contribution in [0.25, 0.3) is 5.57 Å². The summed E-state index contributed by atoms with van der Waals surface area (Å²) in [4.78, 5) is 0. The van der Waals surface area contributed by atoms with Crippen molar-refractivity contribution in [2.24, 2.45) is 0 Å². The smallest absolute Gasteiger partial charge is 0.0228 e. The Morgan fingerprint density at radius 3 is 2.50 bits per heavy atom. The van der Waals surface area contributed by atoms with Crippen molar-refractivity contribution in [3.8, 4) is 0 Å². The zero-order valence-electron chi connectivity index (χ0n) is 8.92. The second-order valence-corrected chi connectivity index (χ2v) is 4.19. The normalized spacial score (nSPS) is 17.4. The van der Waals surface area contributed by atoms with Crippen molar-refractivity contribution >= 4 is 5.57 Å². The number of rotatable bonds is 1. The van der Waals surface area contributed by atoms with Gasteiger partial charge in [0.2, 0.25) is 0 Å². The zero-order valence-corrected chi connectivity index (χ0v) is 8.92. The van der Waals surface area contributed by atoms with Crippen LogP contribution in [0.2, 0.25) is 0 Å². The predicted molar refractivity (Wildman–Crippen MR) is 62.2 cm³/mol. The monoisotopic (exact) mass is 186 g/mol. The molecule has 0 bridgehead atoms. The van der Waals surface area contributed by atoms with E-state index < -0.39 is 0 Å². The van der Waals surface area contributed by atoms with Gasteiger partial charge in [0, 0.05) is 0 Å². The summed E-state index contributed by atoms with van der Waals surface area (Å²) in [5, 5.41) is 0. The van der Waals surface area contributed by atoms with Gasteiger partial charge in [-0.15, -0.1) is 0 Å². The molecule has 0 saturated heterocycles. The van der Waals surface area contributed by atoms with E-state index in [1.807, 2.05) is 0 Å². The molecule has 74 valence electrons. The maximum Gasteiger partial charge on any atom is -0.0228 e. The van der Waals surface area contributed by atoms with E-state index in [0.29, 0.717) is 0 Å². The van der Waals surface area contributed by atoms with Crippen molar-refractivity contribution in [1.29, 1.82) is 0 Å². The molecule has 2 rings (SSSR count). The molecule has 0 aliphatic heterocycles. The van der Waals surface area contributed by atoms with Crippen molar-refractivity contribution in [2.45, 2.75) is 39.0 Å². The molecular weight excluding hydrogens is 168 g/mol. The van der Waals surface area contributed by atoms with E-state index in [1.165, 1.54) is 43.2 Å². The summed E-state index contributed by atoms with van der Waals surface area (Å²) >= 11 is 0. The maximum atomic E-state index is 2.43. The van der Waals surface area contributed by atoms with Crippen molar-refractivity contribution in [2.75, 3.05) is 0 Å². The van der Waals surface area contributed by atoms with Crippen LogP contribution in [0, 0.1) is 6.92 Å². The first-order valence-corrected chi connectivity index (χ1v) is 5.62. The molecule has 0 radical (unpaired) electrons. The first kappa shape index (κ1) is 9.51. The largest absolute Gasteiger partial charge is 0.0807 e. The molecule has 0 saturated carbocycles. The fraction of sp³-hybridized carbons (Fsp3) is 0.429. The molecule has 0 heterocycles. The Morgan fingerprint density at radius 2 is 1.71 bits per heavy atom. The van der Waals surface area contributed by atoms with Crippen molar-refractivity contribution in [3.05, 3.63) is 41.5 Å². The highest BCUT2D eigenvalue weighted by atomic mass is 14.1. The number of benzene rings is 1. The number of hydrogen-bond donors (Lipinski definition) is 0. The van der Waals surface area contributed by atoms with E-state index in [2.05, 4.69) is 37.3 Å². The molecule has 14 heavy (non-hydrogen) atoms. The van der Waals surface area contributed by atoms with Crippen LogP contribution in [0.1, 0.15) is 43.2 Å². The van der Waals surface area contributed by atoms with E-state index in [1.54, 1.807) is 5.57 Å². The lowest BCUT2D eigenvalue weighted by atomic mass is 10.0. The molecular formula is C14H18. The van der Waals surface area contributed by atoms with Crippen molar-refractivity contribution in [3.63, 3.8) is 0 Å². The number of aryl methyl sites for hydroxylation is 1. The van der Waals surface area contributed by atoms with Gasteiger partial charge in [-0.2, -0.15) is 0 Å². The van der Waals surface area contributed by atoms with E-state index in [0.717, 1.165) is 0 Å². The second kappa shape index (κ2) is 4.45. The van der Waals surface area contributed by atoms with Gasteiger partial charge in [0.1, 0.15) is 0 Å². The lowest BCUT2D eigenvalue weighted by Gasteiger charge is -2.05. The first-order chi connectivity index (χ1) is 6.86. The van der Waals surface area contributed by atoms with Crippen LogP contribution < -0.4 is 0 Å². The molecule has 0 heteroatoms. The van der Waals surface area contributed by atoms with Crippen LogP contribution in [0.3, 0.4) is 0 Å². The number of allylic oxidation sites excluding steroid dienone is 2. The second-order valence-electron chi connectivity index (χ2n) is 4.19. The van der Waals surface area contributed by atoms with Gasteiger partial charge in [-0.3, -0.25) is 0 Å². The summed E-state index contributed by atoms with van der Waals surface area (Å²) in [6.07, 6.45) is 9.09. The molecule has 0 nitrogen and oxygen atoms in total. The summed E-state index contributed by atoms with van der Waals surface area (Å²) in [5.41, 5.74) is 4.34. The van der Waals surface area contributed by atoms with Crippen LogP contribution in [-0.2, 0) is 0 Å². The highest BCUT2D eigenvalue weighted by Gasteiger charge is 2.04. The van der Waals surface area contributed by atoms with Crippen LogP contribution in [0.15, 0.2) is 30.3 Å². The molecule has 0 fully saturated rings. The molecule has 0 unspecified atom stereocenters. The van der Waals surface area contributed by atoms with Crippen molar-refractivity contribution in [1.82, 2.24) is 0 Å². The fourth-order valence-electron chi connectivity index (χ4n) is 2.04. The lowest BCUT2D eigenvalue weighted by molar-refractivity contribution is 0.720. The van der Waals surface area contributed by atoms with Gasteiger partial charge >= 0.3 is 0 Å². The third kappa shape index (κ3) is 2.25. The average Bonchev–Trinajstić information content (AvgIpc) is 2.47. The van der Waals surface area contributed by atoms with Gasteiger partial charge in [-0.1, -0.05) is 42.3 Å². The Labute approximate surface area is 86.7 Å². The van der Waals surface area contributed by atoms with Crippen LogP contribution in [-0.4, -0.2) is 0 Å². The minimum atomic E-state index is 1.27. The predicted octanol–water partition coefficient (Wildman–Crippen LogP) is 4.34. The van der Waals surface area contributed by atoms with Crippen LogP contribution in [0.5, 0.6) is 0 Å². The minimum Gasteiger partial charge on any atom is -0.0807 e. The van der Waals surface area contributed by atoms with E-state index in [4.69, 9.17) is 0 Å². The molecule has 1 aromatic rings. The Kier molecular flexibility index (Phi) is 3.03. The molecule has 0 atom stereocenters. The quantitative estimate of drug-likeness (QED) is 0.612. The highest BCUT2D eigenvalue weighted by Crippen LogP contribution is 2.25. The summed E-state index contributed by atoms with van der Waals surface area (Å²) in [6.45, 7) is 2.14. The lowest BCUT2D eigenvalue weighted by Crippen LogP contribution is -1.84. The molecule has 0 N–H and O–H groups in total. The standard InChI is InChI=1S/C14H18/c1-12-8-10-14(11-9-12)13-6-4-2-3-5-7-13/h6,8-11H,2-5,7H2,1H3. The average molecular weight is 186 g/mol. The molecule has 1 aromatic carbocycles. The molecule has 0 spiro atoms. The van der Waals surface area contributed by atoms with Gasteiger partial charge < -0.3 is 0 Å². The van der Waals surface area contributed by atoms with Crippen LogP contribution >= 0.6 is 0 Å². The van der Waals surface area contributed by atoms with Gasteiger partial charge in [-0.25, -0.2) is 0 Å². The minimum absolute atomic E-state index is 1.27. The Morgan fingerprint density at radius 1 is 0.929 bits per heavy atom. The Balaban J connectivity index is 2.20. The molecule has 0 amide bonds. The molecule has 1 aliphatic carbocycles. The third-order valence-electron chi connectivity index (χ3n) is 2.96. The zero-order chi connectivity index (χ0) is 9.80. The van der Waals surface area contributed by atoms with Gasteiger partial charge in [0.05, 0.1) is 0 Å². The first-order valence-electron chi connectivity index (χ1n) is 5.62. The van der Waals surface area contributed by atoms with Crippen LogP contribution in [0.4, 0.5) is 0 Å². The third-order valence-corrected chi connectivity index (χ3v) is 2.96. The highest BCUT2D eigenvalue weighted by molar-refractivity contribution is 5.65. The van der Waals surface area contributed by atoms with Crippen molar-refractivity contribution < 1.29 is 0 Å². The summed E-state index contributed by atoms with van der Waals surface area (Å²) in [7, 11) is 0. The summed E-state index contributed by atoms with van der Waals surface area (Å²) in [6, 6.07) is 8.93. The molecule has 0 aromatic heterocycles.